The van der Waals surface area contributed by atoms with E-state index in [4.69, 9.17) is 18.0 Å². The Morgan fingerprint density at radius 1 is 1.61 bits per heavy atom. The number of rotatable bonds is 3. The first kappa shape index (κ1) is 12.1. The van der Waals surface area contributed by atoms with Gasteiger partial charge in [0.2, 0.25) is 0 Å². The first-order valence-electron chi connectivity index (χ1n) is 6.15. The number of hydrogen-bond donors (Lipinski definition) is 1. The predicted molar refractivity (Wildman–Crippen MR) is 77.9 cm³/mol. The van der Waals surface area contributed by atoms with Crippen molar-refractivity contribution in [1.82, 2.24) is 14.3 Å². The van der Waals surface area contributed by atoms with Crippen molar-refractivity contribution in [1.29, 1.82) is 0 Å². The average Bonchev–Trinajstić information content (AvgIpc) is 2.90. The average molecular weight is 280 g/mol. The highest BCUT2D eigenvalue weighted by molar-refractivity contribution is 7.80. The molecule has 1 atom stereocenters. The molecule has 1 aliphatic heterocycles. The molecule has 0 aliphatic carbocycles. The van der Waals surface area contributed by atoms with Gasteiger partial charge in [-0.15, -0.1) is 11.3 Å². The summed E-state index contributed by atoms with van der Waals surface area (Å²) in [5.41, 5.74) is 6.88. The Kier molecular flexibility index (Phi) is 3.32. The van der Waals surface area contributed by atoms with Crippen LogP contribution in [0.25, 0.3) is 4.96 Å². The van der Waals surface area contributed by atoms with Gasteiger partial charge in [-0.1, -0.05) is 12.2 Å². The molecule has 0 amide bonds. The maximum absolute atomic E-state index is 5.75. The van der Waals surface area contributed by atoms with E-state index in [0.717, 1.165) is 36.7 Å². The van der Waals surface area contributed by atoms with Gasteiger partial charge in [0.1, 0.15) is 0 Å². The molecule has 1 aliphatic rings. The number of imidazole rings is 1. The Balaban J connectivity index is 1.68. The molecule has 0 aromatic carbocycles. The van der Waals surface area contributed by atoms with Crippen LogP contribution in [0.2, 0.25) is 0 Å². The molecule has 18 heavy (non-hydrogen) atoms. The number of aromatic nitrogens is 2. The van der Waals surface area contributed by atoms with Gasteiger partial charge in [-0.3, -0.25) is 9.30 Å². The third-order valence-corrected chi connectivity index (χ3v) is 4.54. The minimum absolute atomic E-state index is 0.373. The fourth-order valence-corrected chi connectivity index (χ4v) is 3.42. The SMILES string of the molecule is NC(=S)C1CCCN(Cc2cn3ccsc3n2)C1. The van der Waals surface area contributed by atoms with Crippen LogP contribution in [0.3, 0.4) is 0 Å². The van der Waals surface area contributed by atoms with Gasteiger partial charge in [-0.2, -0.15) is 0 Å². The van der Waals surface area contributed by atoms with Crippen LogP contribution >= 0.6 is 23.6 Å². The number of nitrogens with two attached hydrogens (primary N) is 1. The summed E-state index contributed by atoms with van der Waals surface area (Å²) >= 11 is 6.77. The highest BCUT2D eigenvalue weighted by Gasteiger charge is 2.22. The normalized spacial score (nSPS) is 21.4. The van der Waals surface area contributed by atoms with Crippen molar-refractivity contribution >= 4 is 33.5 Å². The number of likely N-dealkylation sites (tertiary alicyclic amines) is 1. The molecule has 0 saturated carbocycles. The zero-order valence-electron chi connectivity index (χ0n) is 10.1. The van der Waals surface area contributed by atoms with Crippen molar-refractivity contribution in [2.24, 2.45) is 11.7 Å². The number of fused-ring (bicyclic) bond motifs is 1. The van der Waals surface area contributed by atoms with Crippen molar-refractivity contribution in [3.05, 3.63) is 23.5 Å². The number of hydrogen-bond acceptors (Lipinski definition) is 4. The Morgan fingerprint density at radius 2 is 2.50 bits per heavy atom. The van der Waals surface area contributed by atoms with Gasteiger partial charge in [-0.05, 0) is 19.4 Å². The molecule has 4 nitrogen and oxygen atoms in total. The third kappa shape index (κ3) is 2.41. The zero-order valence-corrected chi connectivity index (χ0v) is 11.7. The van der Waals surface area contributed by atoms with Gasteiger partial charge < -0.3 is 5.73 Å². The van der Waals surface area contributed by atoms with E-state index >= 15 is 0 Å². The lowest BCUT2D eigenvalue weighted by atomic mass is 9.98. The summed E-state index contributed by atoms with van der Waals surface area (Å²) in [4.78, 5) is 8.74. The fraction of sp³-hybridized carbons (Fsp3) is 0.500. The lowest BCUT2D eigenvalue weighted by Crippen LogP contribution is -2.40. The fourth-order valence-electron chi connectivity index (χ4n) is 2.51. The second-order valence-corrected chi connectivity index (χ2v) is 6.15. The Bertz CT molecular complexity index is 531. The van der Waals surface area contributed by atoms with Gasteiger partial charge >= 0.3 is 0 Å². The van der Waals surface area contributed by atoms with Crippen LogP contribution in [0.15, 0.2) is 17.8 Å². The molecule has 1 fully saturated rings. The van der Waals surface area contributed by atoms with Gasteiger partial charge in [-0.25, -0.2) is 4.98 Å². The Morgan fingerprint density at radius 3 is 3.28 bits per heavy atom. The van der Waals surface area contributed by atoms with Crippen molar-refractivity contribution < 1.29 is 0 Å². The van der Waals surface area contributed by atoms with Crippen molar-refractivity contribution in [2.45, 2.75) is 19.4 Å². The minimum Gasteiger partial charge on any atom is -0.393 e. The molecular weight excluding hydrogens is 264 g/mol. The molecule has 1 saturated heterocycles. The van der Waals surface area contributed by atoms with E-state index in [1.165, 1.54) is 6.42 Å². The predicted octanol–water partition coefficient (Wildman–Crippen LogP) is 1.89. The molecule has 1 unspecified atom stereocenters. The highest BCUT2D eigenvalue weighted by Crippen LogP contribution is 2.19. The van der Waals surface area contributed by atoms with E-state index in [1.807, 2.05) is 6.20 Å². The topological polar surface area (TPSA) is 46.6 Å². The Labute approximate surface area is 115 Å². The molecule has 0 radical (unpaired) electrons. The number of piperidine rings is 1. The molecular formula is C12H16N4S2. The molecule has 3 heterocycles. The third-order valence-electron chi connectivity index (χ3n) is 3.44. The van der Waals surface area contributed by atoms with Crippen LogP contribution in [0.1, 0.15) is 18.5 Å². The van der Waals surface area contributed by atoms with Crippen LogP contribution in [0.5, 0.6) is 0 Å². The summed E-state index contributed by atoms with van der Waals surface area (Å²) in [5.74, 6) is 0.373. The van der Waals surface area contributed by atoms with E-state index < -0.39 is 0 Å². The second kappa shape index (κ2) is 4.95. The van der Waals surface area contributed by atoms with Gasteiger partial charge in [0, 0.05) is 36.8 Å². The summed E-state index contributed by atoms with van der Waals surface area (Å²) < 4.78 is 2.08. The summed E-state index contributed by atoms with van der Waals surface area (Å²) in [6.07, 6.45) is 6.45. The maximum atomic E-state index is 5.75. The molecule has 2 N–H and O–H groups in total. The standard InChI is InChI=1S/C12H16N4S2/c13-11(17)9-2-1-3-15(6-9)7-10-8-16-4-5-18-12(16)14-10/h4-5,8-9H,1-3,6-7H2,(H2,13,17). The molecule has 3 rings (SSSR count). The van der Waals surface area contributed by atoms with E-state index in [9.17, 15) is 0 Å². The van der Waals surface area contributed by atoms with E-state index in [2.05, 4.69) is 25.9 Å². The van der Waals surface area contributed by atoms with E-state index in [0.29, 0.717) is 10.9 Å². The molecule has 0 bridgehead atoms. The van der Waals surface area contributed by atoms with Crippen molar-refractivity contribution in [3.8, 4) is 0 Å². The van der Waals surface area contributed by atoms with Gasteiger partial charge in [0.15, 0.2) is 4.96 Å². The Hall–Kier alpha value is -0.980. The first-order valence-corrected chi connectivity index (χ1v) is 7.44. The van der Waals surface area contributed by atoms with Crippen LogP contribution < -0.4 is 5.73 Å². The van der Waals surface area contributed by atoms with E-state index in [1.54, 1.807) is 11.3 Å². The number of thiazole rings is 1. The second-order valence-electron chi connectivity index (χ2n) is 4.80. The van der Waals surface area contributed by atoms with Crippen LogP contribution in [-0.2, 0) is 6.54 Å². The van der Waals surface area contributed by atoms with Gasteiger partial charge in [0.25, 0.3) is 0 Å². The lowest BCUT2D eigenvalue weighted by Gasteiger charge is -2.31. The van der Waals surface area contributed by atoms with E-state index in [-0.39, 0.29) is 0 Å². The van der Waals surface area contributed by atoms with Crippen LogP contribution in [0.4, 0.5) is 0 Å². The minimum atomic E-state index is 0.373. The highest BCUT2D eigenvalue weighted by atomic mass is 32.1. The quantitative estimate of drug-likeness (QED) is 0.872. The molecule has 6 heteroatoms. The zero-order chi connectivity index (χ0) is 12.5. The lowest BCUT2D eigenvalue weighted by molar-refractivity contribution is 0.195. The van der Waals surface area contributed by atoms with Crippen molar-refractivity contribution in [2.75, 3.05) is 13.1 Å². The van der Waals surface area contributed by atoms with Gasteiger partial charge in [0.05, 0.1) is 10.7 Å². The van der Waals surface area contributed by atoms with Crippen molar-refractivity contribution in [3.63, 3.8) is 0 Å². The largest absolute Gasteiger partial charge is 0.393 e. The van der Waals surface area contributed by atoms with Crippen LogP contribution in [-0.4, -0.2) is 32.4 Å². The summed E-state index contributed by atoms with van der Waals surface area (Å²) in [5, 5.41) is 2.05. The summed E-state index contributed by atoms with van der Waals surface area (Å²) in [6.45, 7) is 2.98. The summed E-state index contributed by atoms with van der Waals surface area (Å²) in [6, 6.07) is 0. The summed E-state index contributed by atoms with van der Waals surface area (Å²) in [7, 11) is 0. The molecule has 96 valence electrons. The van der Waals surface area contributed by atoms with Crippen LogP contribution in [0, 0.1) is 5.92 Å². The molecule has 2 aromatic heterocycles. The molecule has 2 aromatic rings. The first-order chi connectivity index (χ1) is 8.72. The smallest absolute Gasteiger partial charge is 0.193 e. The molecule has 0 spiro atoms. The number of nitrogens with zero attached hydrogens (tertiary/aromatic N) is 3. The number of thiocarbonyl (C=S) groups is 1. The monoisotopic (exact) mass is 280 g/mol. The maximum Gasteiger partial charge on any atom is 0.193 e.